The Balaban J connectivity index is 0.000000196. The molecule has 0 radical (unpaired) electrons. The summed E-state index contributed by atoms with van der Waals surface area (Å²) in [6, 6.07) is 16.2. The Kier molecular flexibility index (Phi) is 11.3. The summed E-state index contributed by atoms with van der Waals surface area (Å²) in [6.07, 6.45) is 10.2. The maximum absolute atomic E-state index is 12.0. The van der Waals surface area contributed by atoms with E-state index in [-0.39, 0.29) is 16.4 Å². The SMILES string of the molecule is CCC(Br)C(=O)c1ccc(N2CCCCC2)cc1.CCCC(=O)c1ccc(N2CCCCC2)cc1. The normalized spacial score (nSPS) is 16.8. The van der Waals surface area contributed by atoms with E-state index in [1.807, 2.05) is 38.1 Å². The predicted molar refractivity (Wildman–Crippen MR) is 152 cm³/mol. The van der Waals surface area contributed by atoms with Crippen molar-refractivity contribution in [3.8, 4) is 0 Å². The zero-order chi connectivity index (χ0) is 25.0. The lowest BCUT2D eigenvalue weighted by Gasteiger charge is -2.28. The first-order valence-corrected chi connectivity index (χ1v) is 14.4. The lowest BCUT2D eigenvalue weighted by molar-refractivity contribution is 0.0977. The van der Waals surface area contributed by atoms with Gasteiger partial charge in [0.25, 0.3) is 0 Å². The number of anilines is 2. The first-order valence-electron chi connectivity index (χ1n) is 13.4. The van der Waals surface area contributed by atoms with Crippen LogP contribution in [0.1, 0.15) is 92.4 Å². The van der Waals surface area contributed by atoms with Gasteiger partial charge in [-0.2, -0.15) is 0 Å². The number of hydrogen-bond acceptors (Lipinski definition) is 4. The minimum absolute atomic E-state index is 0.0571. The number of nitrogens with zero attached hydrogens (tertiary/aromatic N) is 2. The molecule has 0 bridgehead atoms. The number of piperidine rings is 2. The molecular formula is C30H41BrN2O2. The zero-order valence-electron chi connectivity index (χ0n) is 21.5. The molecule has 190 valence electrons. The van der Waals surface area contributed by atoms with E-state index in [2.05, 4.69) is 50.0 Å². The van der Waals surface area contributed by atoms with Crippen molar-refractivity contribution in [2.45, 2.75) is 76.5 Å². The molecule has 2 aromatic carbocycles. The lowest BCUT2D eigenvalue weighted by Crippen LogP contribution is -2.29. The summed E-state index contributed by atoms with van der Waals surface area (Å²) in [4.78, 5) is 28.5. The van der Waals surface area contributed by atoms with E-state index in [1.54, 1.807) is 0 Å². The van der Waals surface area contributed by atoms with Crippen molar-refractivity contribution in [1.29, 1.82) is 0 Å². The van der Waals surface area contributed by atoms with E-state index in [4.69, 9.17) is 0 Å². The van der Waals surface area contributed by atoms with Gasteiger partial charge in [0.1, 0.15) is 0 Å². The van der Waals surface area contributed by atoms with Crippen LogP contribution in [0.15, 0.2) is 48.5 Å². The molecule has 0 amide bonds. The molecule has 35 heavy (non-hydrogen) atoms. The third-order valence-corrected chi connectivity index (χ3v) is 7.97. The van der Waals surface area contributed by atoms with Crippen LogP contribution in [0.5, 0.6) is 0 Å². The summed E-state index contributed by atoms with van der Waals surface area (Å²) >= 11 is 3.41. The second kappa shape index (κ2) is 14.4. The Morgan fingerprint density at radius 3 is 1.54 bits per heavy atom. The van der Waals surface area contributed by atoms with Crippen molar-refractivity contribution in [3.63, 3.8) is 0 Å². The van der Waals surface area contributed by atoms with Crippen molar-refractivity contribution in [2.24, 2.45) is 0 Å². The van der Waals surface area contributed by atoms with Gasteiger partial charge >= 0.3 is 0 Å². The van der Waals surface area contributed by atoms with Crippen LogP contribution in [-0.2, 0) is 0 Å². The topological polar surface area (TPSA) is 40.6 Å². The molecule has 2 aromatic rings. The van der Waals surface area contributed by atoms with Gasteiger partial charge in [-0.1, -0.05) is 29.8 Å². The van der Waals surface area contributed by atoms with Crippen LogP contribution < -0.4 is 9.80 Å². The number of alkyl halides is 1. The number of benzene rings is 2. The van der Waals surface area contributed by atoms with Gasteiger partial charge in [0.2, 0.25) is 0 Å². The van der Waals surface area contributed by atoms with Crippen molar-refractivity contribution in [1.82, 2.24) is 0 Å². The van der Waals surface area contributed by atoms with Crippen LogP contribution in [0, 0.1) is 0 Å². The minimum atomic E-state index is -0.0571. The van der Waals surface area contributed by atoms with Gasteiger partial charge in [0.15, 0.2) is 11.6 Å². The highest BCUT2D eigenvalue weighted by molar-refractivity contribution is 9.10. The highest BCUT2D eigenvalue weighted by Gasteiger charge is 2.16. The molecule has 2 aliphatic rings. The van der Waals surface area contributed by atoms with Gasteiger partial charge < -0.3 is 9.80 Å². The lowest BCUT2D eigenvalue weighted by atomic mass is 10.1. The molecule has 2 saturated heterocycles. The van der Waals surface area contributed by atoms with E-state index in [0.29, 0.717) is 6.42 Å². The van der Waals surface area contributed by atoms with Crippen molar-refractivity contribution >= 4 is 38.9 Å². The standard InChI is InChI=1S/C15H20BrNO.C15H21NO/c1-2-14(16)15(18)12-6-8-13(9-7-12)17-10-4-3-5-11-17;1-2-6-15(17)13-7-9-14(10-8-13)16-11-4-3-5-12-16/h6-9,14H,2-5,10-11H2,1H3;7-10H,2-6,11-12H2,1H3. The number of Topliss-reactive ketones (excluding diaryl/α,β-unsaturated/α-hetero) is 2. The van der Waals surface area contributed by atoms with Crippen molar-refractivity contribution in [2.75, 3.05) is 36.0 Å². The number of ketones is 2. The summed E-state index contributed by atoms with van der Waals surface area (Å²) in [5.41, 5.74) is 4.17. The highest BCUT2D eigenvalue weighted by Crippen LogP contribution is 2.22. The van der Waals surface area contributed by atoms with Gasteiger partial charge in [-0.05, 0) is 99.9 Å². The fourth-order valence-corrected chi connectivity index (χ4v) is 5.00. The van der Waals surface area contributed by atoms with Gasteiger partial charge in [-0.15, -0.1) is 0 Å². The van der Waals surface area contributed by atoms with E-state index in [0.717, 1.165) is 50.1 Å². The monoisotopic (exact) mass is 540 g/mol. The molecule has 0 spiro atoms. The first-order chi connectivity index (χ1) is 17.0. The fourth-order valence-electron chi connectivity index (χ4n) is 4.74. The predicted octanol–water partition coefficient (Wildman–Crippen LogP) is 7.69. The average Bonchev–Trinajstić information content (AvgIpc) is 2.94. The smallest absolute Gasteiger partial charge is 0.176 e. The Bertz CT molecular complexity index is 914. The van der Waals surface area contributed by atoms with Crippen LogP contribution in [-0.4, -0.2) is 42.6 Å². The Morgan fingerprint density at radius 1 is 0.714 bits per heavy atom. The van der Waals surface area contributed by atoms with Crippen LogP contribution >= 0.6 is 15.9 Å². The summed E-state index contributed by atoms with van der Waals surface area (Å²) in [5.74, 6) is 0.445. The van der Waals surface area contributed by atoms with Crippen LogP contribution in [0.3, 0.4) is 0 Å². The minimum Gasteiger partial charge on any atom is -0.372 e. The van der Waals surface area contributed by atoms with Crippen LogP contribution in [0.4, 0.5) is 11.4 Å². The second-order valence-electron chi connectivity index (χ2n) is 9.60. The van der Waals surface area contributed by atoms with E-state index in [1.165, 1.54) is 49.9 Å². The van der Waals surface area contributed by atoms with Gasteiger partial charge in [0.05, 0.1) is 4.83 Å². The maximum atomic E-state index is 12.0. The molecule has 2 fully saturated rings. The van der Waals surface area contributed by atoms with Gasteiger partial charge in [0, 0.05) is 55.1 Å². The molecular weight excluding hydrogens is 500 g/mol. The summed E-state index contributed by atoms with van der Waals surface area (Å²) in [6.45, 7) is 8.65. The third-order valence-electron chi connectivity index (χ3n) is 6.90. The Morgan fingerprint density at radius 2 is 1.14 bits per heavy atom. The quantitative estimate of drug-likeness (QED) is 0.254. The van der Waals surface area contributed by atoms with Crippen LogP contribution in [0.25, 0.3) is 0 Å². The molecule has 0 aliphatic carbocycles. The number of halogens is 1. The van der Waals surface area contributed by atoms with Crippen LogP contribution in [0.2, 0.25) is 0 Å². The second-order valence-corrected chi connectivity index (χ2v) is 10.7. The molecule has 2 aliphatic heterocycles. The largest absolute Gasteiger partial charge is 0.372 e. The summed E-state index contributed by atoms with van der Waals surface area (Å²) < 4.78 is 0. The average molecular weight is 542 g/mol. The maximum Gasteiger partial charge on any atom is 0.176 e. The van der Waals surface area contributed by atoms with E-state index in [9.17, 15) is 9.59 Å². The van der Waals surface area contributed by atoms with E-state index >= 15 is 0 Å². The number of hydrogen-bond donors (Lipinski definition) is 0. The molecule has 0 saturated carbocycles. The molecule has 4 rings (SSSR count). The number of carbonyl (C=O) groups excluding carboxylic acids is 2. The van der Waals surface area contributed by atoms with Gasteiger partial charge in [-0.3, -0.25) is 9.59 Å². The van der Waals surface area contributed by atoms with Gasteiger partial charge in [-0.25, -0.2) is 0 Å². The summed E-state index contributed by atoms with van der Waals surface area (Å²) in [5, 5.41) is 0. The van der Waals surface area contributed by atoms with Crippen molar-refractivity contribution in [3.05, 3.63) is 59.7 Å². The Hall–Kier alpha value is -2.14. The first kappa shape index (κ1) is 27.4. The number of rotatable bonds is 8. The third kappa shape index (κ3) is 8.20. The molecule has 2 heterocycles. The molecule has 4 nitrogen and oxygen atoms in total. The fraction of sp³-hybridized carbons (Fsp3) is 0.533. The molecule has 0 aromatic heterocycles. The molecule has 1 unspecified atom stereocenters. The molecule has 5 heteroatoms. The van der Waals surface area contributed by atoms with E-state index < -0.39 is 0 Å². The zero-order valence-corrected chi connectivity index (χ0v) is 23.1. The highest BCUT2D eigenvalue weighted by atomic mass is 79.9. The molecule has 0 N–H and O–H groups in total. The summed E-state index contributed by atoms with van der Waals surface area (Å²) in [7, 11) is 0. The van der Waals surface area contributed by atoms with Crippen molar-refractivity contribution < 1.29 is 9.59 Å². The molecule has 1 atom stereocenters. The Labute approximate surface area is 220 Å². The number of carbonyl (C=O) groups is 2.